The molecule has 0 fully saturated rings. The molecule has 0 aliphatic rings. The summed E-state index contributed by atoms with van der Waals surface area (Å²) in [6.07, 6.45) is -1.48. The van der Waals surface area contributed by atoms with Gasteiger partial charge in [0.1, 0.15) is 29.1 Å². The highest BCUT2D eigenvalue weighted by Crippen LogP contribution is 2.32. The molecule has 3 aromatic rings. The van der Waals surface area contributed by atoms with Gasteiger partial charge in [0, 0.05) is 5.39 Å². The number of rotatable bonds is 2. The first-order chi connectivity index (χ1) is 9.99. The van der Waals surface area contributed by atoms with Crippen LogP contribution >= 0.6 is 0 Å². The third-order valence-corrected chi connectivity index (χ3v) is 3.62. The van der Waals surface area contributed by atoms with Crippen LogP contribution in [-0.2, 0) is 0 Å². The summed E-state index contributed by atoms with van der Waals surface area (Å²) in [6, 6.07) is 9.64. The first-order valence-corrected chi connectivity index (χ1v) is 6.60. The number of aryl methyl sites for hydroxylation is 2. The third kappa shape index (κ3) is 2.21. The predicted molar refractivity (Wildman–Crippen MR) is 76.1 cm³/mol. The van der Waals surface area contributed by atoms with Gasteiger partial charge < -0.3 is 9.52 Å². The zero-order valence-electron chi connectivity index (χ0n) is 11.7. The summed E-state index contributed by atoms with van der Waals surface area (Å²) in [4.78, 5) is 0. The van der Waals surface area contributed by atoms with Gasteiger partial charge in [-0.25, -0.2) is 8.78 Å². The Kier molecular flexibility index (Phi) is 3.26. The summed E-state index contributed by atoms with van der Waals surface area (Å²) in [7, 11) is 0. The predicted octanol–water partition coefficient (Wildman–Crippen LogP) is 4.41. The summed E-state index contributed by atoms with van der Waals surface area (Å²) < 4.78 is 33.5. The van der Waals surface area contributed by atoms with Gasteiger partial charge >= 0.3 is 0 Å². The molecule has 1 aromatic heterocycles. The highest BCUT2D eigenvalue weighted by atomic mass is 19.1. The molecule has 0 amide bonds. The molecule has 0 aliphatic carbocycles. The van der Waals surface area contributed by atoms with Crippen molar-refractivity contribution in [2.45, 2.75) is 20.0 Å². The second kappa shape index (κ2) is 4.97. The SMILES string of the molecule is Cc1ccc(F)c(C(O)c2cc3cccc(C)c3o2)c1F. The van der Waals surface area contributed by atoms with Crippen LogP contribution in [-0.4, -0.2) is 5.11 Å². The largest absolute Gasteiger partial charge is 0.458 e. The summed E-state index contributed by atoms with van der Waals surface area (Å²) in [6.45, 7) is 3.39. The van der Waals surface area contributed by atoms with Crippen LogP contribution in [0.25, 0.3) is 11.0 Å². The van der Waals surface area contributed by atoms with E-state index >= 15 is 0 Å². The van der Waals surface area contributed by atoms with E-state index in [1.54, 1.807) is 6.07 Å². The molecule has 0 radical (unpaired) electrons. The average Bonchev–Trinajstić information content (AvgIpc) is 2.89. The Balaban J connectivity index is 2.15. The Morgan fingerprint density at radius 3 is 2.52 bits per heavy atom. The molecule has 0 saturated heterocycles. The number of halogens is 2. The molecule has 3 rings (SSSR count). The number of furan rings is 1. The zero-order valence-corrected chi connectivity index (χ0v) is 11.7. The van der Waals surface area contributed by atoms with E-state index in [0.717, 1.165) is 17.0 Å². The van der Waals surface area contributed by atoms with Crippen LogP contribution in [0.15, 0.2) is 40.8 Å². The fourth-order valence-corrected chi connectivity index (χ4v) is 2.43. The van der Waals surface area contributed by atoms with Gasteiger partial charge in [-0.3, -0.25) is 0 Å². The smallest absolute Gasteiger partial charge is 0.142 e. The number of fused-ring (bicyclic) bond motifs is 1. The van der Waals surface area contributed by atoms with Gasteiger partial charge in [0.25, 0.3) is 0 Å². The molecule has 0 spiro atoms. The summed E-state index contributed by atoms with van der Waals surface area (Å²) in [5, 5.41) is 11.1. The Morgan fingerprint density at radius 1 is 1.05 bits per heavy atom. The fraction of sp³-hybridized carbons (Fsp3) is 0.176. The number of hydrogen-bond donors (Lipinski definition) is 1. The average molecular weight is 288 g/mol. The van der Waals surface area contributed by atoms with E-state index in [1.165, 1.54) is 13.0 Å². The number of aliphatic hydroxyl groups is 1. The van der Waals surface area contributed by atoms with Crippen molar-refractivity contribution in [2.75, 3.05) is 0 Å². The zero-order chi connectivity index (χ0) is 15.1. The van der Waals surface area contributed by atoms with Crippen molar-refractivity contribution in [3.63, 3.8) is 0 Å². The third-order valence-electron chi connectivity index (χ3n) is 3.62. The standard InChI is InChI=1S/C17H14F2O2/c1-9-6-7-12(18)14(15(9)19)16(20)13-8-11-5-3-4-10(2)17(11)21-13/h3-8,16,20H,1-2H3. The minimum absolute atomic E-state index is 0.128. The maximum absolute atomic E-state index is 14.1. The highest BCUT2D eigenvalue weighted by molar-refractivity contribution is 5.81. The Bertz CT molecular complexity index is 821. The Hall–Kier alpha value is -2.20. The number of aliphatic hydroxyl groups excluding tert-OH is 1. The second-order valence-electron chi connectivity index (χ2n) is 5.14. The lowest BCUT2D eigenvalue weighted by molar-refractivity contribution is 0.182. The van der Waals surface area contributed by atoms with E-state index in [2.05, 4.69) is 0 Å². The van der Waals surface area contributed by atoms with Gasteiger partial charge in [-0.15, -0.1) is 0 Å². The molecule has 21 heavy (non-hydrogen) atoms. The van der Waals surface area contributed by atoms with Gasteiger partial charge in [0.2, 0.25) is 0 Å². The van der Waals surface area contributed by atoms with E-state index in [1.807, 2.05) is 25.1 Å². The number of hydrogen-bond acceptors (Lipinski definition) is 2. The van der Waals surface area contributed by atoms with Crippen molar-refractivity contribution in [1.29, 1.82) is 0 Å². The molecular weight excluding hydrogens is 274 g/mol. The van der Waals surface area contributed by atoms with E-state index in [0.29, 0.717) is 5.58 Å². The van der Waals surface area contributed by atoms with Crippen molar-refractivity contribution in [1.82, 2.24) is 0 Å². The van der Waals surface area contributed by atoms with E-state index in [9.17, 15) is 13.9 Å². The van der Waals surface area contributed by atoms with Gasteiger partial charge in [-0.2, -0.15) is 0 Å². The molecule has 4 heteroatoms. The summed E-state index contributed by atoms with van der Waals surface area (Å²) in [5.74, 6) is -1.41. The van der Waals surface area contributed by atoms with Gasteiger partial charge in [-0.1, -0.05) is 24.3 Å². The van der Waals surface area contributed by atoms with Crippen molar-refractivity contribution in [3.8, 4) is 0 Å². The molecule has 1 heterocycles. The first kappa shape index (κ1) is 13.8. The lowest BCUT2D eigenvalue weighted by atomic mass is 10.0. The molecule has 108 valence electrons. The molecule has 2 aromatic carbocycles. The molecule has 2 nitrogen and oxygen atoms in total. The summed E-state index contributed by atoms with van der Waals surface area (Å²) >= 11 is 0. The molecule has 0 bridgehead atoms. The van der Waals surface area contributed by atoms with Crippen molar-refractivity contribution < 1.29 is 18.3 Å². The van der Waals surface area contributed by atoms with Crippen LogP contribution in [0.5, 0.6) is 0 Å². The topological polar surface area (TPSA) is 33.4 Å². The number of benzene rings is 2. The van der Waals surface area contributed by atoms with Crippen LogP contribution in [0.3, 0.4) is 0 Å². The van der Waals surface area contributed by atoms with E-state index in [-0.39, 0.29) is 16.9 Å². The molecule has 0 saturated carbocycles. The van der Waals surface area contributed by atoms with Crippen LogP contribution < -0.4 is 0 Å². The molecule has 0 aliphatic heterocycles. The number of para-hydroxylation sites is 1. The second-order valence-corrected chi connectivity index (χ2v) is 5.14. The maximum Gasteiger partial charge on any atom is 0.142 e. The maximum atomic E-state index is 14.1. The van der Waals surface area contributed by atoms with Gasteiger partial charge in [0.15, 0.2) is 0 Å². The fourth-order valence-electron chi connectivity index (χ4n) is 2.43. The van der Waals surface area contributed by atoms with Gasteiger partial charge in [0.05, 0.1) is 5.56 Å². The lowest BCUT2D eigenvalue weighted by Gasteiger charge is -2.12. The van der Waals surface area contributed by atoms with Crippen molar-refractivity contribution in [3.05, 3.63) is 70.5 Å². The molecule has 1 unspecified atom stereocenters. The van der Waals surface area contributed by atoms with E-state index < -0.39 is 17.7 Å². The first-order valence-electron chi connectivity index (χ1n) is 6.60. The minimum Gasteiger partial charge on any atom is -0.458 e. The lowest BCUT2D eigenvalue weighted by Crippen LogP contribution is -2.06. The van der Waals surface area contributed by atoms with Crippen LogP contribution in [0, 0.1) is 25.5 Å². The highest BCUT2D eigenvalue weighted by Gasteiger charge is 2.24. The van der Waals surface area contributed by atoms with Crippen LogP contribution in [0.4, 0.5) is 8.78 Å². The molecule has 1 N–H and O–H groups in total. The Morgan fingerprint density at radius 2 is 1.81 bits per heavy atom. The van der Waals surface area contributed by atoms with Crippen molar-refractivity contribution >= 4 is 11.0 Å². The van der Waals surface area contributed by atoms with Crippen LogP contribution in [0.1, 0.15) is 28.6 Å². The van der Waals surface area contributed by atoms with Gasteiger partial charge in [-0.05, 0) is 37.1 Å². The molecule has 1 atom stereocenters. The monoisotopic (exact) mass is 288 g/mol. The molecular formula is C17H14F2O2. The van der Waals surface area contributed by atoms with E-state index in [4.69, 9.17) is 4.42 Å². The summed E-state index contributed by atoms with van der Waals surface area (Å²) in [5.41, 5.74) is 1.40. The Labute approximate surface area is 120 Å². The van der Waals surface area contributed by atoms with Crippen molar-refractivity contribution in [2.24, 2.45) is 0 Å². The quantitative estimate of drug-likeness (QED) is 0.757. The van der Waals surface area contributed by atoms with Crippen LogP contribution in [0.2, 0.25) is 0 Å². The minimum atomic E-state index is -1.48. The normalized spacial score (nSPS) is 12.8.